The van der Waals surface area contributed by atoms with Crippen LogP contribution in [0.1, 0.15) is 0 Å². The molecule has 0 saturated carbocycles. The average Bonchev–Trinajstić information content (AvgIpc) is 3.08. The highest BCUT2D eigenvalue weighted by Gasteiger charge is 2.10. The molecule has 0 atom stereocenters. The van der Waals surface area contributed by atoms with Crippen LogP contribution in [-0.4, -0.2) is 9.97 Å². The Kier molecular flexibility index (Phi) is 5.82. The first-order valence-electron chi connectivity index (χ1n) is 14.2. The fourth-order valence-electron chi connectivity index (χ4n) is 5.79. The van der Waals surface area contributed by atoms with E-state index in [1.54, 1.807) is 0 Å². The van der Waals surface area contributed by atoms with Crippen molar-refractivity contribution < 1.29 is 0 Å². The summed E-state index contributed by atoms with van der Waals surface area (Å²) in [5.74, 6) is 0. The van der Waals surface area contributed by atoms with Crippen LogP contribution in [0.25, 0.3) is 77.3 Å². The van der Waals surface area contributed by atoms with Crippen molar-refractivity contribution in [3.63, 3.8) is 0 Å². The number of aromatic nitrogens is 2. The Balaban J connectivity index is 1.18. The molecule has 2 aromatic heterocycles. The van der Waals surface area contributed by atoms with Crippen molar-refractivity contribution in [1.82, 2.24) is 9.97 Å². The second kappa shape index (κ2) is 10.1. The van der Waals surface area contributed by atoms with Gasteiger partial charge in [-0.1, -0.05) is 127 Å². The van der Waals surface area contributed by atoms with Gasteiger partial charge in [-0.25, -0.2) is 9.97 Å². The van der Waals surface area contributed by atoms with E-state index in [1.807, 2.05) is 18.2 Å². The highest BCUT2D eigenvalue weighted by atomic mass is 14.8. The van der Waals surface area contributed by atoms with E-state index < -0.39 is 0 Å². The second-order valence-corrected chi connectivity index (χ2v) is 10.7. The van der Waals surface area contributed by atoms with Crippen molar-refractivity contribution >= 4 is 32.6 Å². The lowest BCUT2D eigenvalue weighted by Crippen LogP contribution is -1.91. The molecule has 0 radical (unpaired) electrons. The number of rotatable bonds is 4. The molecular formula is C40H26N2. The van der Waals surface area contributed by atoms with E-state index in [9.17, 15) is 0 Å². The molecule has 8 aromatic rings. The van der Waals surface area contributed by atoms with Gasteiger partial charge in [0.05, 0.1) is 22.4 Å². The van der Waals surface area contributed by atoms with Crippen LogP contribution in [0.5, 0.6) is 0 Å². The lowest BCUT2D eigenvalue weighted by molar-refractivity contribution is 1.36. The molecule has 0 aliphatic heterocycles. The summed E-state index contributed by atoms with van der Waals surface area (Å²) < 4.78 is 0. The summed E-state index contributed by atoms with van der Waals surface area (Å²) in [5.41, 5.74) is 10.8. The van der Waals surface area contributed by atoms with Crippen LogP contribution in [0.2, 0.25) is 0 Å². The lowest BCUT2D eigenvalue weighted by Gasteiger charge is -2.10. The molecule has 8 rings (SSSR count). The normalized spacial score (nSPS) is 11.3. The third-order valence-electron chi connectivity index (χ3n) is 8.03. The molecule has 0 spiro atoms. The first kappa shape index (κ1) is 24.2. The second-order valence-electron chi connectivity index (χ2n) is 10.7. The highest BCUT2D eigenvalue weighted by molar-refractivity contribution is 6.04. The van der Waals surface area contributed by atoms with Gasteiger partial charge in [-0.05, 0) is 63.4 Å². The standard InChI is InChI=1S/C40H26N2/c1-3-8-27(9-4-1)32-16-17-35-25-33(18-19-34(35)24-32)31-12-7-13-36(26-31)38-23-21-30-15-14-29-20-22-37(28-10-5-2-6-11-28)41-39(29)40(30)42-38/h1-26H. The summed E-state index contributed by atoms with van der Waals surface area (Å²) in [7, 11) is 0. The summed E-state index contributed by atoms with van der Waals surface area (Å²) in [6.45, 7) is 0. The Morgan fingerprint density at radius 1 is 0.262 bits per heavy atom. The zero-order valence-corrected chi connectivity index (χ0v) is 22.9. The SMILES string of the molecule is c1ccc(-c2ccc3cc(-c4cccc(-c5ccc6ccc7ccc(-c8ccccc8)nc7c6n5)c4)ccc3c2)cc1. The van der Waals surface area contributed by atoms with Gasteiger partial charge in [0.15, 0.2) is 0 Å². The molecule has 0 bridgehead atoms. The van der Waals surface area contributed by atoms with Gasteiger partial charge in [0.2, 0.25) is 0 Å². The van der Waals surface area contributed by atoms with Gasteiger partial charge < -0.3 is 0 Å². The minimum atomic E-state index is 0.924. The van der Waals surface area contributed by atoms with E-state index in [2.05, 4.69) is 140 Å². The predicted octanol–water partition coefficient (Wildman–Crippen LogP) is 10.6. The Bertz CT molecular complexity index is 2240. The van der Waals surface area contributed by atoms with Crippen molar-refractivity contribution in [3.8, 4) is 44.8 Å². The summed E-state index contributed by atoms with van der Waals surface area (Å²) >= 11 is 0. The minimum absolute atomic E-state index is 0.924. The van der Waals surface area contributed by atoms with Gasteiger partial charge in [0.25, 0.3) is 0 Å². The van der Waals surface area contributed by atoms with Crippen LogP contribution in [0, 0.1) is 0 Å². The maximum Gasteiger partial charge on any atom is 0.0972 e. The number of benzene rings is 6. The quantitative estimate of drug-likeness (QED) is 0.210. The van der Waals surface area contributed by atoms with Crippen LogP contribution in [-0.2, 0) is 0 Å². The molecule has 6 aromatic carbocycles. The molecule has 0 amide bonds. The Hall–Kier alpha value is -5.60. The Morgan fingerprint density at radius 3 is 1.31 bits per heavy atom. The van der Waals surface area contributed by atoms with Gasteiger partial charge in [-0.2, -0.15) is 0 Å². The van der Waals surface area contributed by atoms with Crippen LogP contribution in [0.3, 0.4) is 0 Å². The summed E-state index contributed by atoms with van der Waals surface area (Å²) in [6, 6.07) is 55.7. The zero-order valence-electron chi connectivity index (χ0n) is 22.9. The fraction of sp³-hybridized carbons (Fsp3) is 0. The van der Waals surface area contributed by atoms with Crippen molar-refractivity contribution in [3.05, 3.63) is 158 Å². The third kappa shape index (κ3) is 4.40. The molecule has 0 aliphatic rings. The lowest BCUT2D eigenvalue weighted by atomic mass is 9.96. The molecule has 0 unspecified atom stereocenters. The molecule has 0 aliphatic carbocycles. The van der Waals surface area contributed by atoms with E-state index in [1.165, 1.54) is 33.0 Å². The van der Waals surface area contributed by atoms with E-state index in [4.69, 9.17) is 9.97 Å². The number of hydrogen-bond acceptors (Lipinski definition) is 2. The van der Waals surface area contributed by atoms with Gasteiger partial charge in [0.1, 0.15) is 0 Å². The number of nitrogens with zero attached hydrogens (tertiary/aromatic N) is 2. The van der Waals surface area contributed by atoms with Crippen molar-refractivity contribution in [2.75, 3.05) is 0 Å². The smallest absolute Gasteiger partial charge is 0.0972 e. The van der Waals surface area contributed by atoms with Crippen LogP contribution >= 0.6 is 0 Å². The van der Waals surface area contributed by atoms with Gasteiger partial charge in [-0.3, -0.25) is 0 Å². The number of fused-ring (bicyclic) bond motifs is 4. The molecule has 2 heterocycles. The van der Waals surface area contributed by atoms with E-state index in [0.717, 1.165) is 44.3 Å². The number of hydrogen-bond donors (Lipinski definition) is 0. The van der Waals surface area contributed by atoms with Crippen LogP contribution < -0.4 is 0 Å². The van der Waals surface area contributed by atoms with E-state index >= 15 is 0 Å². The van der Waals surface area contributed by atoms with Crippen LogP contribution in [0.15, 0.2) is 158 Å². The van der Waals surface area contributed by atoms with Crippen molar-refractivity contribution in [1.29, 1.82) is 0 Å². The van der Waals surface area contributed by atoms with Gasteiger partial charge >= 0.3 is 0 Å². The first-order chi connectivity index (χ1) is 20.8. The average molecular weight is 535 g/mol. The van der Waals surface area contributed by atoms with Gasteiger partial charge in [0, 0.05) is 21.9 Å². The molecule has 0 fully saturated rings. The number of pyridine rings is 2. The maximum absolute atomic E-state index is 5.17. The monoisotopic (exact) mass is 534 g/mol. The van der Waals surface area contributed by atoms with Crippen LogP contribution in [0.4, 0.5) is 0 Å². The van der Waals surface area contributed by atoms with E-state index in [-0.39, 0.29) is 0 Å². The molecule has 0 N–H and O–H groups in total. The zero-order chi connectivity index (χ0) is 27.9. The summed E-state index contributed by atoms with van der Waals surface area (Å²) in [4.78, 5) is 10.2. The first-order valence-corrected chi connectivity index (χ1v) is 14.2. The molecule has 196 valence electrons. The van der Waals surface area contributed by atoms with Gasteiger partial charge in [-0.15, -0.1) is 0 Å². The molecule has 2 heteroatoms. The molecular weight excluding hydrogens is 508 g/mol. The maximum atomic E-state index is 5.17. The highest BCUT2D eigenvalue weighted by Crippen LogP contribution is 2.32. The summed E-state index contributed by atoms with van der Waals surface area (Å²) in [5, 5.41) is 4.64. The topological polar surface area (TPSA) is 25.8 Å². The Morgan fingerprint density at radius 2 is 0.690 bits per heavy atom. The van der Waals surface area contributed by atoms with E-state index in [0.29, 0.717) is 0 Å². The fourth-order valence-corrected chi connectivity index (χ4v) is 5.79. The largest absolute Gasteiger partial charge is 0.245 e. The third-order valence-corrected chi connectivity index (χ3v) is 8.03. The minimum Gasteiger partial charge on any atom is -0.245 e. The summed E-state index contributed by atoms with van der Waals surface area (Å²) in [6.07, 6.45) is 0. The molecule has 42 heavy (non-hydrogen) atoms. The molecule has 0 saturated heterocycles. The van der Waals surface area contributed by atoms with Crippen molar-refractivity contribution in [2.45, 2.75) is 0 Å². The van der Waals surface area contributed by atoms with Crippen molar-refractivity contribution in [2.24, 2.45) is 0 Å². The predicted molar refractivity (Wildman–Crippen MR) is 176 cm³/mol. The Labute approximate surface area is 244 Å². The molecule has 2 nitrogen and oxygen atoms in total.